The van der Waals surface area contributed by atoms with E-state index in [1.807, 2.05) is 56.3 Å². The molecular weight excluding hydrogens is 212 g/mol. The lowest BCUT2D eigenvalue weighted by Crippen LogP contribution is -1.99. The molecule has 1 N–H and O–H groups in total. The molecule has 0 aliphatic heterocycles. The number of anilines is 1. The third-order valence-corrected chi connectivity index (χ3v) is 2.39. The number of hydrogen-bond acceptors (Lipinski definition) is 3. The van der Waals surface area contributed by atoms with E-state index in [1.165, 1.54) is 0 Å². The van der Waals surface area contributed by atoms with Gasteiger partial charge in [0.15, 0.2) is 0 Å². The molecular formula is C14H16N2O. The maximum absolute atomic E-state index is 5.75. The lowest BCUT2D eigenvalue weighted by atomic mass is 10.2. The van der Waals surface area contributed by atoms with Gasteiger partial charge in [-0.2, -0.15) is 4.98 Å². The minimum Gasteiger partial charge on any atom is -0.439 e. The Morgan fingerprint density at radius 3 is 2.71 bits per heavy atom. The highest BCUT2D eigenvalue weighted by atomic mass is 16.5. The van der Waals surface area contributed by atoms with Gasteiger partial charge in [-0.25, -0.2) is 0 Å². The molecule has 1 aromatic carbocycles. The van der Waals surface area contributed by atoms with Crippen LogP contribution in [-0.4, -0.2) is 11.5 Å². The molecule has 1 heterocycles. The van der Waals surface area contributed by atoms with Crippen LogP contribution < -0.4 is 10.1 Å². The monoisotopic (exact) mass is 228 g/mol. The Hall–Kier alpha value is -2.03. The zero-order valence-electron chi connectivity index (χ0n) is 10.1. The number of benzene rings is 1. The topological polar surface area (TPSA) is 34.1 Å². The van der Waals surface area contributed by atoms with Crippen LogP contribution >= 0.6 is 0 Å². The molecule has 0 bridgehead atoms. The largest absolute Gasteiger partial charge is 0.439 e. The first kappa shape index (κ1) is 11.5. The molecule has 88 valence electrons. The molecule has 0 saturated heterocycles. The number of aromatic nitrogens is 1. The molecule has 1 aromatic heterocycles. The number of nitrogens with one attached hydrogen (secondary N) is 1. The van der Waals surface area contributed by atoms with Crippen LogP contribution in [0.2, 0.25) is 0 Å². The number of hydrogen-bond donors (Lipinski definition) is 1. The van der Waals surface area contributed by atoms with Crippen molar-refractivity contribution in [2.75, 3.05) is 11.9 Å². The second kappa shape index (κ2) is 5.34. The summed E-state index contributed by atoms with van der Waals surface area (Å²) in [5.74, 6) is 2.28. The van der Waals surface area contributed by atoms with Crippen molar-refractivity contribution < 1.29 is 4.74 Å². The van der Waals surface area contributed by atoms with Crippen molar-refractivity contribution in [3.05, 3.63) is 48.0 Å². The quantitative estimate of drug-likeness (QED) is 0.868. The van der Waals surface area contributed by atoms with Crippen LogP contribution in [0.5, 0.6) is 11.6 Å². The highest BCUT2D eigenvalue weighted by molar-refractivity contribution is 5.39. The molecule has 0 aliphatic rings. The van der Waals surface area contributed by atoms with Crippen molar-refractivity contribution in [3.63, 3.8) is 0 Å². The summed E-state index contributed by atoms with van der Waals surface area (Å²) in [4.78, 5) is 4.37. The third kappa shape index (κ3) is 2.97. The van der Waals surface area contributed by atoms with Crippen molar-refractivity contribution >= 4 is 5.82 Å². The van der Waals surface area contributed by atoms with Gasteiger partial charge in [0.2, 0.25) is 5.88 Å². The summed E-state index contributed by atoms with van der Waals surface area (Å²) >= 11 is 0. The first-order chi connectivity index (χ1) is 8.29. The molecule has 0 amide bonds. The SMILES string of the molecule is CCNc1cccc(Oc2ccccc2C)n1. The van der Waals surface area contributed by atoms with Crippen LogP contribution in [0, 0.1) is 6.92 Å². The lowest BCUT2D eigenvalue weighted by molar-refractivity contribution is 0.460. The number of aryl methyl sites for hydroxylation is 1. The molecule has 0 aliphatic carbocycles. The van der Waals surface area contributed by atoms with E-state index in [0.29, 0.717) is 5.88 Å². The summed E-state index contributed by atoms with van der Waals surface area (Å²) in [6, 6.07) is 13.6. The van der Waals surface area contributed by atoms with Crippen LogP contribution in [0.1, 0.15) is 12.5 Å². The molecule has 0 spiro atoms. The van der Waals surface area contributed by atoms with Crippen molar-refractivity contribution in [2.45, 2.75) is 13.8 Å². The second-order valence-corrected chi connectivity index (χ2v) is 3.76. The zero-order valence-corrected chi connectivity index (χ0v) is 10.1. The lowest BCUT2D eigenvalue weighted by Gasteiger charge is -2.09. The van der Waals surface area contributed by atoms with Gasteiger partial charge in [0.25, 0.3) is 0 Å². The molecule has 0 atom stereocenters. The van der Waals surface area contributed by atoms with Crippen molar-refractivity contribution in [2.24, 2.45) is 0 Å². The van der Waals surface area contributed by atoms with Crippen molar-refractivity contribution in [3.8, 4) is 11.6 Å². The molecule has 2 aromatic rings. The molecule has 3 nitrogen and oxygen atoms in total. The maximum Gasteiger partial charge on any atom is 0.221 e. The van der Waals surface area contributed by atoms with E-state index < -0.39 is 0 Å². The van der Waals surface area contributed by atoms with Gasteiger partial charge in [0.05, 0.1) is 0 Å². The predicted molar refractivity (Wildman–Crippen MR) is 69.7 cm³/mol. The Kier molecular flexibility index (Phi) is 3.60. The van der Waals surface area contributed by atoms with E-state index in [4.69, 9.17) is 4.74 Å². The van der Waals surface area contributed by atoms with Gasteiger partial charge in [-0.1, -0.05) is 24.3 Å². The fourth-order valence-corrected chi connectivity index (χ4v) is 1.53. The van der Waals surface area contributed by atoms with E-state index in [2.05, 4.69) is 10.3 Å². The van der Waals surface area contributed by atoms with Crippen LogP contribution in [-0.2, 0) is 0 Å². The number of pyridine rings is 1. The van der Waals surface area contributed by atoms with Gasteiger partial charge in [-0.3, -0.25) is 0 Å². The minimum atomic E-state index is 0.609. The molecule has 3 heteroatoms. The standard InChI is InChI=1S/C14H16N2O/c1-3-15-13-9-6-10-14(16-13)17-12-8-5-4-7-11(12)2/h4-10H,3H2,1-2H3,(H,15,16). The number of para-hydroxylation sites is 1. The second-order valence-electron chi connectivity index (χ2n) is 3.76. The van der Waals surface area contributed by atoms with Gasteiger partial charge in [0.1, 0.15) is 11.6 Å². The van der Waals surface area contributed by atoms with Crippen LogP contribution in [0.4, 0.5) is 5.82 Å². The zero-order chi connectivity index (χ0) is 12.1. The van der Waals surface area contributed by atoms with E-state index in [0.717, 1.165) is 23.7 Å². The smallest absolute Gasteiger partial charge is 0.221 e. The third-order valence-electron chi connectivity index (χ3n) is 2.39. The van der Waals surface area contributed by atoms with Crippen molar-refractivity contribution in [1.82, 2.24) is 4.98 Å². The number of nitrogens with zero attached hydrogens (tertiary/aromatic N) is 1. The Bertz CT molecular complexity index is 497. The predicted octanol–water partition coefficient (Wildman–Crippen LogP) is 3.61. The van der Waals surface area contributed by atoms with Gasteiger partial charge in [0, 0.05) is 12.6 Å². The summed E-state index contributed by atoms with van der Waals surface area (Å²) in [6.07, 6.45) is 0. The average Bonchev–Trinajstić information content (AvgIpc) is 2.33. The molecule has 17 heavy (non-hydrogen) atoms. The van der Waals surface area contributed by atoms with E-state index in [9.17, 15) is 0 Å². The van der Waals surface area contributed by atoms with Crippen LogP contribution in [0.3, 0.4) is 0 Å². The Labute approximate surface area is 101 Å². The van der Waals surface area contributed by atoms with Gasteiger partial charge in [-0.05, 0) is 31.5 Å². The van der Waals surface area contributed by atoms with Crippen LogP contribution in [0.15, 0.2) is 42.5 Å². The Morgan fingerprint density at radius 2 is 1.94 bits per heavy atom. The van der Waals surface area contributed by atoms with E-state index in [-0.39, 0.29) is 0 Å². The summed E-state index contributed by atoms with van der Waals surface area (Å²) in [5, 5.41) is 3.16. The summed E-state index contributed by atoms with van der Waals surface area (Å²) in [6.45, 7) is 4.90. The van der Waals surface area contributed by atoms with Gasteiger partial charge in [-0.15, -0.1) is 0 Å². The minimum absolute atomic E-state index is 0.609. The van der Waals surface area contributed by atoms with E-state index >= 15 is 0 Å². The average molecular weight is 228 g/mol. The highest BCUT2D eigenvalue weighted by Gasteiger charge is 2.02. The molecule has 0 radical (unpaired) electrons. The Morgan fingerprint density at radius 1 is 1.12 bits per heavy atom. The fourth-order valence-electron chi connectivity index (χ4n) is 1.53. The van der Waals surface area contributed by atoms with Crippen molar-refractivity contribution in [1.29, 1.82) is 0 Å². The van der Waals surface area contributed by atoms with Gasteiger partial charge >= 0.3 is 0 Å². The summed E-state index contributed by atoms with van der Waals surface area (Å²) in [7, 11) is 0. The first-order valence-electron chi connectivity index (χ1n) is 5.74. The molecule has 0 unspecified atom stereocenters. The molecule has 0 saturated carbocycles. The van der Waals surface area contributed by atoms with Gasteiger partial charge < -0.3 is 10.1 Å². The van der Waals surface area contributed by atoms with Crippen LogP contribution in [0.25, 0.3) is 0 Å². The summed E-state index contributed by atoms with van der Waals surface area (Å²) in [5.41, 5.74) is 1.10. The Balaban J connectivity index is 2.18. The maximum atomic E-state index is 5.75. The highest BCUT2D eigenvalue weighted by Crippen LogP contribution is 2.23. The van der Waals surface area contributed by atoms with E-state index in [1.54, 1.807) is 0 Å². The normalized spacial score (nSPS) is 10.0. The molecule has 2 rings (SSSR count). The molecule has 0 fully saturated rings. The number of ether oxygens (including phenoxy) is 1. The fraction of sp³-hybridized carbons (Fsp3) is 0.214. The first-order valence-corrected chi connectivity index (χ1v) is 5.74. The number of rotatable bonds is 4. The summed E-state index contributed by atoms with van der Waals surface area (Å²) < 4.78 is 5.75.